The number of nitrogens with zero attached hydrogens (tertiary/aromatic N) is 3. The average molecular weight is 355 g/mol. The van der Waals surface area contributed by atoms with Crippen LogP contribution in [0.1, 0.15) is 0 Å². The van der Waals surface area contributed by atoms with Crippen LogP contribution in [0.15, 0.2) is 34.8 Å². The molecule has 0 atom stereocenters. The number of nitro benzene ring substituents is 1. The fourth-order valence-corrected chi connectivity index (χ4v) is 1.85. The van der Waals surface area contributed by atoms with Gasteiger partial charge in [0, 0.05) is 10.5 Å². The first-order valence-corrected chi connectivity index (χ1v) is 6.20. The third-order valence-electron chi connectivity index (χ3n) is 2.35. The van der Waals surface area contributed by atoms with Crippen LogP contribution in [0.5, 0.6) is 11.6 Å². The Labute approximate surface area is 125 Å². The smallest absolute Gasteiger partial charge is 0.312 e. The van der Waals surface area contributed by atoms with Gasteiger partial charge in [-0.3, -0.25) is 20.2 Å². The number of hydrogen-bond donors (Lipinski definition) is 1. The molecule has 0 fully saturated rings. The zero-order valence-corrected chi connectivity index (χ0v) is 11.8. The SMILES string of the molecule is Nc1cc([N+](=O)[O-])cc(Oc2ccc(Br)cc2[N+](=O)[O-])n1. The Balaban J connectivity index is 2.43. The van der Waals surface area contributed by atoms with Gasteiger partial charge >= 0.3 is 5.69 Å². The van der Waals surface area contributed by atoms with Crippen molar-refractivity contribution in [2.45, 2.75) is 0 Å². The molecule has 0 amide bonds. The molecule has 0 aliphatic rings. The highest BCUT2D eigenvalue weighted by molar-refractivity contribution is 9.10. The van der Waals surface area contributed by atoms with Crippen molar-refractivity contribution < 1.29 is 14.6 Å². The molecule has 10 heteroatoms. The lowest BCUT2D eigenvalue weighted by atomic mass is 10.3. The van der Waals surface area contributed by atoms with Crippen molar-refractivity contribution in [2.75, 3.05) is 5.73 Å². The Morgan fingerprint density at radius 3 is 2.48 bits per heavy atom. The molecule has 21 heavy (non-hydrogen) atoms. The average Bonchev–Trinajstić information content (AvgIpc) is 2.40. The topological polar surface area (TPSA) is 134 Å². The molecule has 1 heterocycles. The Morgan fingerprint density at radius 2 is 1.86 bits per heavy atom. The van der Waals surface area contributed by atoms with Crippen LogP contribution in [-0.4, -0.2) is 14.8 Å². The maximum atomic E-state index is 11.0. The molecule has 2 N–H and O–H groups in total. The molecule has 0 saturated heterocycles. The van der Waals surface area contributed by atoms with Crippen LogP contribution < -0.4 is 10.5 Å². The minimum atomic E-state index is -0.666. The van der Waals surface area contributed by atoms with E-state index in [1.165, 1.54) is 18.2 Å². The first-order chi connectivity index (χ1) is 9.86. The number of nitro groups is 2. The summed E-state index contributed by atoms with van der Waals surface area (Å²) in [4.78, 5) is 24.1. The van der Waals surface area contributed by atoms with E-state index in [4.69, 9.17) is 10.5 Å². The highest BCUT2D eigenvalue weighted by Crippen LogP contribution is 2.34. The molecule has 9 nitrogen and oxygen atoms in total. The second-order valence-electron chi connectivity index (χ2n) is 3.82. The standard InChI is InChI=1S/C11H7BrN4O5/c12-6-1-2-9(8(3-6)16(19)20)21-11-5-7(15(17)18)4-10(13)14-11/h1-5H,(H2,13,14). The highest BCUT2D eigenvalue weighted by atomic mass is 79.9. The van der Waals surface area contributed by atoms with E-state index in [0.29, 0.717) is 4.47 Å². The maximum absolute atomic E-state index is 11.0. The number of ether oxygens (including phenoxy) is 1. The molecule has 1 aromatic heterocycles. The first-order valence-electron chi connectivity index (χ1n) is 5.40. The largest absolute Gasteiger partial charge is 0.431 e. The normalized spacial score (nSPS) is 10.1. The summed E-state index contributed by atoms with van der Waals surface area (Å²) in [6.45, 7) is 0. The van der Waals surface area contributed by atoms with Crippen molar-refractivity contribution in [3.63, 3.8) is 0 Å². The summed E-state index contributed by atoms with van der Waals surface area (Å²) in [5.74, 6) is -0.429. The third-order valence-corrected chi connectivity index (χ3v) is 2.84. The zero-order chi connectivity index (χ0) is 15.6. The number of nitrogens with two attached hydrogens (primary N) is 1. The number of halogens is 1. The van der Waals surface area contributed by atoms with Crippen LogP contribution in [0.3, 0.4) is 0 Å². The summed E-state index contributed by atoms with van der Waals surface area (Å²) in [6.07, 6.45) is 0. The number of rotatable bonds is 4. The summed E-state index contributed by atoms with van der Waals surface area (Å²) < 4.78 is 5.73. The molecule has 1 aromatic carbocycles. The van der Waals surface area contributed by atoms with E-state index in [2.05, 4.69) is 20.9 Å². The minimum Gasteiger partial charge on any atom is -0.431 e. The first kappa shape index (κ1) is 14.7. The Morgan fingerprint density at radius 1 is 1.14 bits per heavy atom. The molecule has 0 saturated carbocycles. The number of benzene rings is 1. The summed E-state index contributed by atoms with van der Waals surface area (Å²) in [6, 6.07) is 6.21. The van der Waals surface area contributed by atoms with E-state index >= 15 is 0 Å². The Hall–Kier alpha value is -2.75. The molecule has 0 aliphatic carbocycles. The lowest BCUT2D eigenvalue weighted by Crippen LogP contribution is -1.99. The van der Waals surface area contributed by atoms with Crippen molar-refractivity contribution >= 4 is 33.1 Å². The van der Waals surface area contributed by atoms with Crippen LogP contribution in [-0.2, 0) is 0 Å². The predicted octanol–water partition coefficient (Wildman–Crippen LogP) is 3.04. The number of hydrogen-bond acceptors (Lipinski definition) is 7. The van der Waals surface area contributed by atoms with Gasteiger partial charge in [-0.15, -0.1) is 0 Å². The van der Waals surface area contributed by atoms with Gasteiger partial charge in [0.25, 0.3) is 5.69 Å². The molecule has 0 bridgehead atoms. The second-order valence-corrected chi connectivity index (χ2v) is 4.73. The van der Waals surface area contributed by atoms with E-state index in [1.807, 2.05) is 0 Å². The van der Waals surface area contributed by atoms with Crippen LogP contribution in [0, 0.1) is 20.2 Å². The molecule has 108 valence electrons. The van der Waals surface area contributed by atoms with Crippen molar-refractivity contribution in [3.8, 4) is 11.6 Å². The maximum Gasteiger partial charge on any atom is 0.312 e. The lowest BCUT2D eigenvalue weighted by Gasteiger charge is -2.06. The van der Waals surface area contributed by atoms with Gasteiger partial charge in [-0.1, -0.05) is 15.9 Å². The molecular weight excluding hydrogens is 348 g/mol. The van der Waals surface area contributed by atoms with Crippen molar-refractivity contribution in [1.29, 1.82) is 0 Å². The van der Waals surface area contributed by atoms with Gasteiger partial charge in [-0.25, -0.2) is 0 Å². The van der Waals surface area contributed by atoms with E-state index < -0.39 is 9.85 Å². The predicted molar refractivity (Wildman–Crippen MR) is 76.2 cm³/mol. The fourth-order valence-electron chi connectivity index (χ4n) is 1.50. The third kappa shape index (κ3) is 3.42. The van der Waals surface area contributed by atoms with Crippen molar-refractivity contribution in [3.05, 3.63) is 55.0 Å². The monoisotopic (exact) mass is 354 g/mol. The number of pyridine rings is 1. The van der Waals surface area contributed by atoms with Gasteiger partial charge in [0.15, 0.2) is 0 Å². The summed E-state index contributed by atoms with van der Waals surface area (Å²) in [5.41, 5.74) is 4.80. The lowest BCUT2D eigenvalue weighted by molar-refractivity contribution is -0.386. The van der Waals surface area contributed by atoms with Crippen LogP contribution in [0.2, 0.25) is 0 Å². The minimum absolute atomic E-state index is 0.101. The summed E-state index contributed by atoms with van der Waals surface area (Å²) in [7, 11) is 0. The molecular formula is C11H7BrN4O5. The van der Waals surface area contributed by atoms with Crippen LogP contribution in [0.25, 0.3) is 0 Å². The van der Waals surface area contributed by atoms with Gasteiger partial charge in [-0.2, -0.15) is 4.98 Å². The van der Waals surface area contributed by atoms with E-state index in [1.54, 1.807) is 0 Å². The Kier molecular flexibility index (Phi) is 3.98. The second kappa shape index (κ2) is 5.71. The zero-order valence-electron chi connectivity index (χ0n) is 10.2. The van der Waals surface area contributed by atoms with Crippen molar-refractivity contribution in [1.82, 2.24) is 4.98 Å². The Bertz CT molecular complexity index is 737. The van der Waals surface area contributed by atoms with Crippen LogP contribution in [0.4, 0.5) is 17.2 Å². The van der Waals surface area contributed by atoms with E-state index in [0.717, 1.165) is 12.1 Å². The quantitative estimate of drug-likeness (QED) is 0.658. The van der Waals surface area contributed by atoms with Gasteiger partial charge in [0.1, 0.15) is 5.82 Å². The van der Waals surface area contributed by atoms with Gasteiger partial charge in [0.2, 0.25) is 11.6 Å². The fraction of sp³-hybridized carbons (Fsp3) is 0. The van der Waals surface area contributed by atoms with E-state index in [-0.39, 0.29) is 28.8 Å². The molecule has 0 aliphatic heterocycles. The van der Waals surface area contributed by atoms with E-state index in [9.17, 15) is 20.2 Å². The van der Waals surface area contributed by atoms with Gasteiger partial charge in [-0.05, 0) is 12.1 Å². The number of aromatic nitrogens is 1. The van der Waals surface area contributed by atoms with Crippen LogP contribution >= 0.6 is 15.9 Å². The summed E-state index contributed by atoms with van der Waals surface area (Å²) >= 11 is 3.11. The van der Waals surface area contributed by atoms with Gasteiger partial charge < -0.3 is 10.5 Å². The molecule has 0 spiro atoms. The number of nitrogen functional groups attached to an aromatic ring is 1. The van der Waals surface area contributed by atoms with Gasteiger partial charge in [0.05, 0.1) is 22.0 Å². The van der Waals surface area contributed by atoms with Crippen molar-refractivity contribution in [2.24, 2.45) is 0 Å². The molecule has 0 radical (unpaired) electrons. The summed E-state index contributed by atoms with van der Waals surface area (Å²) in [5, 5.41) is 21.7. The highest BCUT2D eigenvalue weighted by Gasteiger charge is 2.18. The molecule has 2 aromatic rings. The molecule has 0 unspecified atom stereocenters. The molecule has 2 rings (SSSR count). The number of anilines is 1.